The lowest BCUT2D eigenvalue weighted by atomic mass is 10.0. The highest BCUT2D eigenvalue weighted by atomic mass is 16.5. The third kappa shape index (κ3) is 43.2. The van der Waals surface area contributed by atoms with Crippen molar-refractivity contribution in [2.75, 3.05) is 13.2 Å². The van der Waals surface area contributed by atoms with E-state index in [1.54, 1.807) is 6.08 Å². The molecule has 0 heterocycles. The monoisotopic (exact) mass is 800 g/mol. The van der Waals surface area contributed by atoms with E-state index >= 15 is 0 Å². The molecule has 0 aliphatic heterocycles. The molecular weight excluding hydrogens is 707 g/mol. The summed E-state index contributed by atoms with van der Waals surface area (Å²) < 4.78 is 5.42. The number of nitrogens with one attached hydrogen (secondary N) is 1. The lowest BCUT2D eigenvalue weighted by Crippen LogP contribution is -2.45. The summed E-state index contributed by atoms with van der Waals surface area (Å²) in [6, 6.07) is -0.654. The number of esters is 1. The van der Waals surface area contributed by atoms with Gasteiger partial charge in [-0.3, -0.25) is 9.59 Å². The zero-order chi connectivity index (χ0) is 41.5. The van der Waals surface area contributed by atoms with Gasteiger partial charge in [-0.15, -0.1) is 0 Å². The first kappa shape index (κ1) is 54.8. The molecule has 3 N–H and O–H groups in total. The van der Waals surface area contributed by atoms with Crippen molar-refractivity contribution in [1.29, 1.82) is 0 Å². The molecule has 6 heteroatoms. The van der Waals surface area contributed by atoms with E-state index in [2.05, 4.69) is 55.6 Å². The normalized spacial score (nSPS) is 13.1. The maximum Gasteiger partial charge on any atom is 0.305 e. The van der Waals surface area contributed by atoms with Crippen molar-refractivity contribution in [3.63, 3.8) is 0 Å². The topological polar surface area (TPSA) is 95.9 Å². The molecule has 0 spiro atoms. The number of carbonyl (C=O) groups excluding carboxylic acids is 2. The largest absolute Gasteiger partial charge is 0.466 e. The molecule has 0 rings (SSSR count). The Labute approximate surface area is 353 Å². The molecule has 0 saturated heterocycles. The lowest BCUT2D eigenvalue weighted by molar-refractivity contribution is -0.143. The van der Waals surface area contributed by atoms with Gasteiger partial charge in [0.05, 0.1) is 25.4 Å². The number of carbonyl (C=O) groups is 2. The first-order valence-corrected chi connectivity index (χ1v) is 24.4. The van der Waals surface area contributed by atoms with Gasteiger partial charge in [-0.2, -0.15) is 0 Å². The molecule has 57 heavy (non-hydrogen) atoms. The average Bonchev–Trinajstić information content (AvgIpc) is 3.21. The molecule has 0 bridgehead atoms. The van der Waals surface area contributed by atoms with Gasteiger partial charge in [0.15, 0.2) is 0 Å². The molecule has 332 valence electrons. The minimum atomic E-state index is -0.867. The van der Waals surface area contributed by atoms with Crippen molar-refractivity contribution in [3.05, 3.63) is 48.6 Å². The molecular formula is C51H93NO5. The highest BCUT2D eigenvalue weighted by Gasteiger charge is 2.18. The smallest absolute Gasteiger partial charge is 0.305 e. The summed E-state index contributed by atoms with van der Waals surface area (Å²) in [7, 11) is 0. The Hall–Kier alpha value is -2.18. The van der Waals surface area contributed by atoms with Gasteiger partial charge in [-0.05, 0) is 89.9 Å². The van der Waals surface area contributed by atoms with Crippen LogP contribution in [-0.2, 0) is 14.3 Å². The fourth-order valence-electron chi connectivity index (χ4n) is 7.01. The molecule has 2 atom stereocenters. The Bertz CT molecular complexity index is 973. The quantitative estimate of drug-likeness (QED) is 0.0324. The van der Waals surface area contributed by atoms with Crippen molar-refractivity contribution in [2.45, 2.75) is 251 Å². The number of allylic oxidation sites excluding steroid dienone is 7. The second-order valence-electron chi connectivity index (χ2n) is 16.4. The Balaban J connectivity index is 3.60. The van der Waals surface area contributed by atoms with Gasteiger partial charge < -0.3 is 20.3 Å². The SMILES string of the molecule is CCCCC/C=C\C/C=C\CCCCCCCC(=O)OCCCC/C=C\CCCCCCC(=O)NC(CO)C(O)/C=C/CCCCCCCCCCCCCCC. The molecule has 0 saturated carbocycles. The van der Waals surface area contributed by atoms with Crippen LogP contribution in [0.1, 0.15) is 239 Å². The van der Waals surface area contributed by atoms with Gasteiger partial charge in [0, 0.05) is 12.8 Å². The van der Waals surface area contributed by atoms with E-state index in [1.807, 2.05) is 6.08 Å². The Morgan fingerprint density at radius 2 is 0.877 bits per heavy atom. The summed E-state index contributed by atoms with van der Waals surface area (Å²) in [6.07, 6.45) is 56.7. The van der Waals surface area contributed by atoms with Crippen LogP contribution < -0.4 is 5.32 Å². The van der Waals surface area contributed by atoms with E-state index in [9.17, 15) is 19.8 Å². The standard InChI is InChI=1S/C51H93NO5/c1-3-5-7-9-11-13-15-17-19-21-23-27-31-35-39-43-49(54)48(47-53)52-50(55)44-40-36-32-28-25-26-30-34-38-42-46-57-51(56)45-41-37-33-29-24-22-20-18-16-14-12-10-8-6-4-2/h12,14,18,20,26,30,39,43,48-49,53-54H,3-11,13,15-17,19,21-25,27-29,31-38,40-42,44-47H2,1-2H3,(H,52,55)/b14-12-,20-18-,30-26-,43-39+. The van der Waals surface area contributed by atoms with Gasteiger partial charge in [0.25, 0.3) is 0 Å². The number of hydrogen-bond acceptors (Lipinski definition) is 5. The summed E-state index contributed by atoms with van der Waals surface area (Å²) in [4.78, 5) is 24.4. The maximum atomic E-state index is 12.4. The molecule has 6 nitrogen and oxygen atoms in total. The first-order valence-electron chi connectivity index (χ1n) is 24.4. The molecule has 0 aromatic carbocycles. The summed E-state index contributed by atoms with van der Waals surface area (Å²) in [5.74, 6) is -0.160. The number of hydrogen-bond donors (Lipinski definition) is 3. The molecule has 0 fully saturated rings. The zero-order valence-corrected chi connectivity index (χ0v) is 37.6. The fourth-order valence-corrected chi connectivity index (χ4v) is 7.01. The lowest BCUT2D eigenvalue weighted by Gasteiger charge is -2.20. The van der Waals surface area contributed by atoms with Crippen molar-refractivity contribution in [3.8, 4) is 0 Å². The number of aliphatic hydroxyl groups is 2. The Morgan fingerprint density at radius 1 is 0.491 bits per heavy atom. The molecule has 0 aliphatic carbocycles. The van der Waals surface area contributed by atoms with Gasteiger partial charge >= 0.3 is 5.97 Å². The number of unbranched alkanes of at least 4 members (excludes halogenated alkanes) is 27. The molecule has 0 aromatic heterocycles. The third-order valence-electron chi connectivity index (χ3n) is 10.8. The van der Waals surface area contributed by atoms with Crippen LogP contribution in [0.4, 0.5) is 0 Å². The van der Waals surface area contributed by atoms with Crippen LogP contribution >= 0.6 is 0 Å². The predicted octanol–water partition coefficient (Wildman–Crippen LogP) is 14.3. The van der Waals surface area contributed by atoms with E-state index in [0.717, 1.165) is 89.9 Å². The van der Waals surface area contributed by atoms with E-state index in [1.165, 1.54) is 122 Å². The zero-order valence-electron chi connectivity index (χ0n) is 37.6. The number of aliphatic hydroxyl groups excluding tert-OH is 2. The van der Waals surface area contributed by atoms with Crippen molar-refractivity contribution in [1.82, 2.24) is 5.32 Å². The van der Waals surface area contributed by atoms with Gasteiger partial charge in [-0.1, -0.05) is 184 Å². The van der Waals surface area contributed by atoms with Crippen LogP contribution in [0.15, 0.2) is 48.6 Å². The average molecular weight is 800 g/mol. The van der Waals surface area contributed by atoms with Crippen LogP contribution in [0.25, 0.3) is 0 Å². The van der Waals surface area contributed by atoms with E-state index in [-0.39, 0.29) is 18.5 Å². The van der Waals surface area contributed by atoms with Crippen LogP contribution in [-0.4, -0.2) is 47.4 Å². The molecule has 0 aromatic rings. The third-order valence-corrected chi connectivity index (χ3v) is 10.8. The predicted molar refractivity (Wildman–Crippen MR) is 245 cm³/mol. The number of amides is 1. The Kier molecular flexibility index (Phi) is 44.7. The molecule has 0 aliphatic rings. The molecule has 0 radical (unpaired) electrons. The van der Waals surface area contributed by atoms with Crippen LogP contribution in [0, 0.1) is 0 Å². The van der Waals surface area contributed by atoms with Crippen molar-refractivity contribution >= 4 is 11.9 Å². The van der Waals surface area contributed by atoms with Gasteiger partial charge in [0.1, 0.15) is 0 Å². The van der Waals surface area contributed by atoms with Gasteiger partial charge in [-0.25, -0.2) is 0 Å². The highest BCUT2D eigenvalue weighted by Crippen LogP contribution is 2.14. The van der Waals surface area contributed by atoms with E-state index in [0.29, 0.717) is 19.4 Å². The Morgan fingerprint density at radius 3 is 1.39 bits per heavy atom. The first-order chi connectivity index (χ1) is 28.0. The van der Waals surface area contributed by atoms with Crippen molar-refractivity contribution < 1.29 is 24.5 Å². The second kappa shape index (κ2) is 46.5. The van der Waals surface area contributed by atoms with E-state index in [4.69, 9.17) is 4.74 Å². The summed E-state index contributed by atoms with van der Waals surface area (Å²) in [5, 5.41) is 23.0. The van der Waals surface area contributed by atoms with Crippen molar-refractivity contribution in [2.24, 2.45) is 0 Å². The molecule has 1 amide bonds. The summed E-state index contributed by atoms with van der Waals surface area (Å²) in [6.45, 7) is 4.76. The second-order valence-corrected chi connectivity index (χ2v) is 16.4. The summed E-state index contributed by atoms with van der Waals surface area (Å²) in [5.41, 5.74) is 0. The number of ether oxygens (including phenoxy) is 1. The number of rotatable bonds is 44. The fraction of sp³-hybridized carbons (Fsp3) is 0.804. The molecule has 2 unspecified atom stereocenters. The van der Waals surface area contributed by atoms with Crippen LogP contribution in [0.5, 0.6) is 0 Å². The summed E-state index contributed by atoms with van der Waals surface area (Å²) >= 11 is 0. The maximum absolute atomic E-state index is 12.4. The van der Waals surface area contributed by atoms with E-state index < -0.39 is 12.1 Å². The van der Waals surface area contributed by atoms with Crippen LogP contribution in [0.3, 0.4) is 0 Å². The highest BCUT2D eigenvalue weighted by molar-refractivity contribution is 5.76. The van der Waals surface area contributed by atoms with Crippen LogP contribution in [0.2, 0.25) is 0 Å². The minimum Gasteiger partial charge on any atom is -0.466 e. The minimum absolute atomic E-state index is 0.0535. The van der Waals surface area contributed by atoms with Gasteiger partial charge in [0.2, 0.25) is 5.91 Å².